The fraction of sp³-hybridized carbons (Fsp3) is 0.300. The Morgan fingerprint density at radius 2 is 1.92 bits per heavy atom. The number of hydrogen-bond donors (Lipinski definition) is 2. The lowest BCUT2D eigenvalue weighted by Gasteiger charge is -2.26. The van der Waals surface area contributed by atoms with E-state index in [4.69, 9.17) is 0 Å². The second-order valence-corrected chi connectivity index (χ2v) is 6.80. The van der Waals surface area contributed by atoms with Crippen molar-refractivity contribution in [1.29, 1.82) is 0 Å². The van der Waals surface area contributed by atoms with Crippen LogP contribution in [0.5, 0.6) is 5.75 Å². The fourth-order valence-corrected chi connectivity index (χ4v) is 3.29. The van der Waals surface area contributed by atoms with E-state index < -0.39 is 0 Å². The second kappa shape index (κ2) is 6.24. The van der Waals surface area contributed by atoms with E-state index in [2.05, 4.69) is 5.32 Å². The molecule has 5 nitrogen and oxygen atoms in total. The third-order valence-corrected chi connectivity index (χ3v) is 5.00. The average Bonchev–Trinajstić information content (AvgIpc) is 2.88. The number of benzene rings is 2. The van der Waals surface area contributed by atoms with E-state index in [-0.39, 0.29) is 17.6 Å². The zero-order chi connectivity index (χ0) is 17.4. The molecule has 0 saturated heterocycles. The molecule has 2 amide bonds. The maximum absolute atomic E-state index is 12.6. The van der Waals surface area contributed by atoms with Crippen LogP contribution in [0, 0.1) is 0 Å². The van der Waals surface area contributed by atoms with Crippen molar-refractivity contribution < 1.29 is 14.7 Å². The van der Waals surface area contributed by atoms with E-state index in [1.54, 1.807) is 29.2 Å². The van der Waals surface area contributed by atoms with Crippen LogP contribution in [0.3, 0.4) is 0 Å². The Hall–Kier alpha value is -2.82. The number of phenols is 1. The monoisotopic (exact) mass is 336 g/mol. The molecule has 2 aromatic carbocycles. The number of nitrogens with zero attached hydrogens (tertiary/aromatic N) is 1. The van der Waals surface area contributed by atoms with Gasteiger partial charge >= 0.3 is 0 Å². The highest BCUT2D eigenvalue weighted by molar-refractivity contribution is 6.01. The van der Waals surface area contributed by atoms with Crippen LogP contribution in [0.2, 0.25) is 0 Å². The molecule has 0 bridgehead atoms. The van der Waals surface area contributed by atoms with Gasteiger partial charge in [0.05, 0.1) is 0 Å². The van der Waals surface area contributed by atoms with Crippen molar-refractivity contribution in [3.8, 4) is 5.75 Å². The van der Waals surface area contributed by atoms with Crippen LogP contribution in [0.1, 0.15) is 51.1 Å². The Labute approximate surface area is 146 Å². The molecule has 1 heterocycles. The van der Waals surface area contributed by atoms with Crippen molar-refractivity contribution in [2.45, 2.75) is 38.4 Å². The molecule has 0 aromatic heterocycles. The molecule has 5 heteroatoms. The van der Waals surface area contributed by atoms with Crippen molar-refractivity contribution >= 4 is 11.8 Å². The number of aromatic hydroxyl groups is 1. The number of carbonyl (C=O) groups excluding carboxylic acids is 2. The van der Waals surface area contributed by atoms with E-state index in [0.29, 0.717) is 30.3 Å². The summed E-state index contributed by atoms with van der Waals surface area (Å²) in [6, 6.07) is 12.5. The zero-order valence-corrected chi connectivity index (χ0v) is 13.9. The summed E-state index contributed by atoms with van der Waals surface area (Å²) in [4.78, 5) is 26.6. The van der Waals surface area contributed by atoms with Gasteiger partial charge < -0.3 is 15.3 Å². The van der Waals surface area contributed by atoms with Gasteiger partial charge in [-0.2, -0.15) is 0 Å². The molecule has 128 valence electrons. The number of hydrogen-bond acceptors (Lipinski definition) is 3. The molecule has 2 aliphatic rings. The SMILES string of the molecule is O=C(NC1CCC1)c1ccc2c(c1)CN(Cc1ccc(O)cc1)C2=O. The van der Waals surface area contributed by atoms with Gasteiger partial charge in [-0.3, -0.25) is 9.59 Å². The average molecular weight is 336 g/mol. The third kappa shape index (κ3) is 3.09. The van der Waals surface area contributed by atoms with Gasteiger partial charge in [0.1, 0.15) is 5.75 Å². The standard InChI is InChI=1S/C20H20N2O3/c23-17-7-4-13(5-8-17)11-22-12-15-10-14(6-9-18(15)20(22)25)19(24)21-16-2-1-3-16/h4-10,16,23H,1-3,11-12H2,(H,21,24). The lowest BCUT2D eigenvalue weighted by atomic mass is 9.93. The normalized spacial score (nSPS) is 16.5. The quantitative estimate of drug-likeness (QED) is 0.902. The lowest BCUT2D eigenvalue weighted by molar-refractivity contribution is 0.0766. The van der Waals surface area contributed by atoms with E-state index in [9.17, 15) is 14.7 Å². The number of amides is 2. The predicted octanol–water partition coefficient (Wildman–Crippen LogP) is 2.83. The molecule has 2 N–H and O–H groups in total. The number of rotatable bonds is 4. The van der Waals surface area contributed by atoms with Crippen LogP contribution in [0.15, 0.2) is 42.5 Å². The Bertz CT molecular complexity index is 825. The van der Waals surface area contributed by atoms with Crippen molar-refractivity contribution in [3.05, 3.63) is 64.7 Å². The summed E-state index contributed by atoms with van der Waals surface area (Å²) >= 11 is 0. The van der Waals surface area contributed by atoms with Crippen LogP contribution in [0.4, 0.5) is 0 Å². The molecule has 0 unspecified atom stereocenters. The summed E-state index contributed by atoms with van der Waals surface area (Å²) in [5.74, 6) is 0.132. The number of phenolic OH excluding ortho intramolecular Hbond substituents is 1. The first-order valence-electron chi connectivity index (χ1n) is 8.61. The number of carbonyl (C=O) groups is 2. The van der Waals surface area contributed by atoms with Crippen molar-refractivity contribution in [1.82, 2.24) is 10.2 Å². The minimum absolute atomic E-state index is 0.0194. The van der Waals surface area contributed by atoms with E-state index in [0.717, 1.165) is 24.0 Å². The van der Waals surface area contributed by atoms with Gasteiger partial charge in [0.25, 0.3) is 11.8 Å². The fourth-order valence-electron chi connectivity index (χ4n) is 3.29. The molecular weight excluding hydrogens is 316 g/mol. The molecule has 1 aliphatic heterocycles. The highest BCUT2D eigenvalue weighted by Gasteiger charge is 2.28. The topological polar surface area (TPSA) is 69.6 Å². The Kier molecular flexibility index (Phi) is 3.92. The van der Waals surface area contributed by atoms with Crippen LogP contribution in [-0.2, 0) is 13.1 Å². The van der Waals surface area contributed by atoms with Crippen molar-refractivity contribution in [3.63, 3.8) is 0 Å². The van der Waals surface area contributed by atoms with Gasteiger partial charge in [-0.15, -0.1) is 0 Å². The highest BCUT2D eigenvalue weighted by Crippen LogP contribution is 2.26. The predicted molar refractivity (Wildman–Crippen MR) is 93.2 cm³/mol. The molecule has 1 fully saturated rings. The molecule has 1 aliphatic carbocycles. The number of nitrogens with one attached hydrogen (secondary N) is 1. The van der Waals surface area contributed by atoms with Crippen molar-refractivity contribution in [2.24, 2.45) is 0 Å². The molecule has 0 radical (unpaired) electrons. The Balaban J connectivity index is 1.48. The Morgan fingerprint density at radius 1 is 1.16 bits per heavy atom. The van der Waals surface area contributed by atoms with Gasteiger partial charge in [0, 0.05) is 30.3 Å². The van der Waals surface area contributed by atoms with Crippen LogP contribution < -0.4 is 5.32 Å². The minimum Gasteiger partial charge on any atom is -0.508 e. The van der Waals surface area contributed by atoms with Gasteiger partial charge in [-0.05, 0) is 60.7 Å². The maximum atomic E-state index is 12.6. The zero-order valence-electron chi connectivity index (χ0n) is 13.9. The van der Waals surface area contributed by atoms with E-state index in [1.165, 1.54) is 6.42 Å². The molecule has 0 spiro atoms. The summed E-state index contributed by atoms with van der Waals surface area (Å²) in [6.45, 7) is 0.983. The van der Waals surface area contributed by atoms with E-state index in [1.807, 2.05) is 18.2 Å². The number of fused-ring (bicyclic) bond motifs is 1. The van der Waals surface area contributed by atoms with Gasteiger partial charge in [0.2, 0.25) is 0 Å². The van der Waals surface area contributed by atoms with Crippen LogP contribution in [0.25, 0.3) is 0 Å². The van der Waals surface area contributed by atoms with Gasteiger partial charge in [-0.1, -0.05) is 12.1 Å². The minimum atomic E-state index is -0.0584. The van der Waals surface area contributed by atoms with Gasteiger partial charge in [0.15, 0.2) is 0 Å². The second-order valence-electron chi connectivity index (χ2n) is 6.80. The molecule has 0 atom stereocenters. The smallest absolute Gasteiger partial charge is 0.254 e. The molecule has 4 rings (SSSR count). The van der Waals surface area contributed by atoms with Crippen molar-refractivity contribution in [2.75, 3.05) is 0 Å². The maximum Gasteiger partial charge on any atom is 0.254 e. The van der Waals surface area contributed by atoms with Crippen LogP contribution >= 0.6 is 0 Å². The summed E-state index contributed by atoms with van der Waals surface area (Å²) in [5.41, 5.74) is 3.14. The molecular formula is C20H20N2O3. The highest BCUT2D eigenvalue weighted by atomic mass is 16.3. The summed E-state index contributed by atoms with van der Waals surface area (Å²) in [7, 11) is 0. The third-order valence-electron chi connectivity index (χ3n) is 5.00. The van der Waals surface area contributed by atoms with Gasteiger partial charge in [-0.25, -0.2) is 0 Å². The summed E-state index contributed by atoms with van der Waals surface area (Å²) in [5, 5.41) is 12.4. The van der Waals surface area contributed by atoms with Crippen LogP contribution in [-0.4, -0.2) is 27.9 Å². The molecule has 25 heavy (non-hydrogen) atoms. The van der Waals surface area contributed by atoms with E-state index >= 15 is 0 Å². The first-order valence-corrected chi connectivity index (χ1v) is 8.61. The summed E-state index contributed by atoms with van der Waals surface area (Å²) < 4.78 is 0. The molecule has 2 aromatic rings. The first-order chi connectivity index (χ1) is 12.1. The summed E-state index contributed by atoms with van der Waals surface area (Å²) in [6.07, 6.45) is 3.28. The molecule has 1 saturated carbocycles. The largest absolute Gasteiger partial charge is 0.508 e. The first kappa shape index (κ1) is 15.7. The lowest BCUT2D eigenvalue weighted by Crippen LogP contribution is -2.39. The Morgan fingerprint density at radius 3 is 2.60 bits per heavy atom.